The minimum Gasteiger partial charge on any atom is -0.294 e. The van der Waals surface area contributed by atoms with Gasteiger partial charge in [0.05, 0.1) is 4.47 Å². The van der Waals surface area contributed by atoms with Gasteiger partial charge in [0.2, 0.25) is 0 Å². The Hall–Kier alpha value is -0.410. The summed E-state index contributed by atoms with van der Waals surface area (Å²) in [6.07, 6.45) is 3.87. The van der Waals surface area contributed by atoms with E-state index in [1.807, 2.05) is 12.1 Å². The third kappa shape index (κ3) is 3.08. The molecule has 1 nitrogen and oxygen atoms in total. The topological polar surface area (TPSA) is 3.24 Å². The lowest BCUT2D eigenvalue weighted by Crippen LogP contribution is -2.42. The maximum atomic E-state index is 13.2. The Morgan fingerprint density at radius 1 is 1.29 bits per heavy atom. The number of likely N-dealkylation sites (tertiary alicyclic amines) is 1. The fraction of sp³-hybridized carbons (Fsp3) is 0.571. The molecule has 1 aromatic rings. The van der Waals surface area contributed by atoms with Crippen molar-refractivity contribution in [3.8, 4) is 0 Å². The molecule has 1 saturated heterocycles. The molecule has 1 fully saturated rings. The first-order valence-corrected chi connectivity index (χ1v) is 7.07. The quantitative estimate of drug-likeness (QED) is 0.785. The van der Waals surface area contributed by atoms with Crippen molar-refractivity contribution in [1.82, 2.24) is 4.90 Å². The Morgan fingerprint density at radius 3 is 2.53 bits per heavy atom. The highest BCUT2D eigenvalue weighted by Gasteiger charge is 2.24. The first-order valence-electron chi connectivity index (χ1n) is 6.27. The van der Waals surface area contributed by atoms with Crippen LogP contribution in [0.15, 0.2) is 22.7 Å². The van der Waals surface area contributed by atoms with Gasteiger partial charge >= 0.3 is 0 Å². The van der Waals surface area contributed by atoms with E-state index >= 15 is 0 Å². The fourth-order valence-electron chi connectivity index (χ4n) is 2.64. The maximum absolute atomic E-state index is 13.2. The molecule has 0 amide bonds. The Kier molecular flexibility index (Phi) is 4.21. The summed E-state index contributed by atoms with van der Waals surface area (Å²) in [4.78, 5) is 2.52. The first kappa shape index (κ1) is 13.0. The van der Waals surface area contributed by atoms with E-state index in [1.165, 1.54) is 24.8 Å². The second kappa shape index (κ2) is 5.49. The molecule has 1 aliphatic heterocycles. The Morgan fingerprint density at radius 2 is 1.94 bits per heavy atom. The van der Waals surface area contributed by atoms with Crippen LogP contribution in [0.5, 0.6) is 0 Å². The molecule has 0 saturated carbocycles. The molecule has 0 aliphatic carbocycles. The molecule has 2 unspecified atom stereocenters. The van der Waals surface area contributed by atoms with Gasteiger partial charge in [-0.1, -0.05) is 12.5 Å². The summed E-state index contributed by atoms with van der Waals surface area (Å²) in [6, 6.07) is 6.57. The normalized spacial score (nSPS) is 26.1. The van der Waals surface area contributed by atoms with Crippen molar-refractivity contribution in [3.63, 3.8) is 0 Å². The summed E-state index contributed by atoms with van der Waals surface area (Å²) in [6.45, 7) is 5.49. The van der Waals surface area contributed by atoms with E-state index in [0.717, 1.165) is 6.54 Å². The highest BCUT2D eigenvalue weighted by molar-refractivity contribution is 9.10. The predicted molar refractivity (Wildman–Crippen MR) is 72.4 cm³/mol. The number of piperidine rings is 1. The van der Waals surface area contributed by atoms with E-state index in [-0.39, 0.29) is 5.82 Å². The van der Waals surface area contributed by atoms with Crippen LogP contribution in [0.3, 0.4) is 0 Å². The van der Waals surface area contributed by atoms with Crippen molar-refractivity contribution in [1.29, 1.82) is 0 Å². The third-order valence-corrected chi connectivity index (χ3v) is 4.33. The Labute approximate surface area is 111 Å². The number of benzene rings is 1. The van der Waals surface area contributed by atoms with Crippen LogP contribution >= 0.6 is 15.9 Å². The second-order valence-corrected chi connectivity index (χ2v) is 5.90. The van der Waals surface area contributed by atoms with E-state index in [9.17, 15) is 4.39 Å². The molecule has 0 radical (unpaired) electrons. The predicted octanol–water partition coefficient (Wildman–Crippen LogP) is 4.35. The van der Waals surface area contributed by atoms with Gasteiger partial charge in [-0.2, -0.15) is 0 Å². The van der Waals surface area contributed by atoms with Gasteiger partial charge in [-0.05, 0) is 60.3 Å². The van der Waals surface area contributed by atoms with Crippen LogP contribution in [0, 0.1) is 5.82 Å². The summed E-state index contributed by atoms with van der Waals surface area (Å²) in [5, 5.41) is 0. The lowest BCUT2D eigenvalue weighted by atomic mass is 9.97. The van der Waals surface area contributed by atoms with Crippen LogP contribution in [0.25, 0.3) is 0 Å². The summed E-state index contributed by atoms with van der Waals surface area (Å²) < 4.78 is 13.7. The number of hydrogen-bond acceptors (Lipinski definition) is 1. The second-order valence-electron chi connectivity index (χ2n) is 5.05. The van der Waals surface area contributed by atoms with Gasteiger partial charge in [-0.15, -0.1) is 0 Å². The SMILES string of the molecule is CC1CCCC(C)N1Cc1ccc(F)c(Br)c1. The molecular formula is C14H19BrFN. The van der Waals surface area contributed by atoms with Crippen molar-refractivity contribution >= 4 is 15.9 Å². The molecule has 2 rings (SSSR count). The van der Waals surface area contributed by atoms with Gasteiger partial charge in [0, 0.05) is 18.6 Å². The van der Waals surface area contributed by atoms with Crippen LogP contribution in [-0.2, 0) is 6.54 Å². The molecule has 2 atom stereocenters. The minimum absolute atomic E-state index is 0.187. The van der Waals surface area contributed by atoms with Gasteiger partial charge in [0.25, 0.3) is 0 Å². The molecule has 94 valence electrons. The summed E-state index contributed by atoms with van der Waals surface area (Å²) >= 11 is 3.25. The molecule has 0 aromatic heterocycles. The number of hydrogen-bond donors (Lipinski definition) is 0. The number of halogens is 2. The summed E-state index contributed by atoms with van der Waals surface area (Å²) in [5.74, 6) is -0.187. The lowest BCUT2D eigenvalue weighted by Gasteiger charge is -2.39. The zero-order valence-corrected chi connectivity index (χ0v) is 12.0. The van der Waals surface area contributed by atoms with Gasteiger partial charge < -0.3 is 0 Å². The molecule has 1 aliphatic rings. The van der Waals surface area contributed by atoms with Crippen LogP contribution < -0.4 is 0 Å². The maximum Gasteiger partial charge on any atom is 0.137 e. The van der Waals surface area contributed by atoms with E-state index < -0.39 is 0 Å². The monoisotopic (exact) mass is 299 g/mol. The smallest absolute Gasteiger partial charge is 0.137 e. The minimum atomic E-state index is -0.187. The molecule has 17 heavy (non-hydrogen) atoms. The average Bonchev–Trinajstić information content (AvgIpc) is 2.28. The highest BCUT2D eigenvalue weighted by atomic mass is 79.9. The molecule has 3 heteroatoms. The van der Waals surface area contributed by atoms with Crippen molar-refractivity contribution in [2.45, 2.75) is 51.7 Å². The van der Waals surface area contributed by atoms with E-state index in [0.29, 0.717) is 16.6 Å². The van der Waals surface area contributed by atoms with Crippen molar-refractivity contribution in [2.24, 2.45) is 0 Å². The van der Waals surface area contributed by atoms with E-state index in [2.05, 4.69) is 34.7 Å². The Bertz CT molecular complexity index is 384. The van der Waals surface area contributed by atoms with Gasteiger partial charge in [0.15, 0.2) is 0 Å². The summed E-state index contributed by atoms with van der Waals surface area (Å²) in [5.41, 5.74) is 1.18. The van der Waals surface area contributed by atoms with Crippen LogP contribution in [0.1, 0.15) is 38.7 Å². The van der Waals surface area contributed by atoms with Crippen LogP contribution in [0.4, 0.5) is 4.39 Å². The van der Waals surface area contributed by atoms with Crippen molar-refractivity contribution in [3.05, 3.63) is 34.1 Å². The Balaban J connectivity index is 2.10. The lowest BCUT2D eigenvalue weighted by molar-refractivity contribution is 0.0952. The largest absolute Gasteiger partial charge is 0.294 e. The first-order chi connectivity index (χ1) is 8.08. The molecule has 0 spiro atoms. The number of nitrogens with zero attached hydrogens (tertiary/aromatic N) is 1. The number of rotatable bonds is 2. The fourth-order valence-corrected chi connectivity index (χ4v) is 3.06. The molecule has 0 N–H and O–H groups in total. The standard InChI is InChI=1S/C14H19BrFN/c1-10-4-3-5-11(2)17(10)9-12-6-7-14(16)13(15)8-12/h6-8,10-11H,3-5,9H2,1-2H3. The highest BCUT2D eigenvalue weighted by Crippen LogP contribution is 2.25. The van der Waals surface area contributed by atoms with Crippen LogP contribution in [-0.4, -0.2) is 17.0 Å². The zero-order valence-electron chi connectivity index (χ0n) is 10.4. The third-order valence-electron chi connectivity index (χ3n) is 3.73. The van der Waals surface area contributed by atoms with Gasteiger partial charge in [-0.3, -0.25) is 4.90 Å². The zero-order chi connectivity index (χ0) is 12.4. The van der Waals surface area contributed by atoms with Crippen molar-refractivity contribution in [2.75, 3.05) is 0 Å². The van der Waals surface area contributed by atoms with Crippen LogP contribution in [0.2, 0.25) is 0 Å². The summed E-state index contributed by atoms with van der Waals surface area (Å²) in [7, 11) is 0. The van der Waals surface area contributed by atoms with Gasteiger partial charge in [-0.25, -0.2) is 4.39 Å². The molecule has 1 aromatic carbocycles. The molecular weight excluding hydrogens is 281 g/mol. The van der Waals surface area contributed by atoms with Crippen molar-refractivity contribution < 1.29 is 4.39 Å². The average molecular weight is 300 g/mol. The van der Waals surface area contributed by atoms with Gasteiger partial charge in [0.1, 0.15) is 5.82 Å². The van der Waals surface area contributed by atoms with E-state index in [1.54, 1.807) is 6.07 Å². The molecule has 1 heterocycles. The molecule has 0 bridgehead atoms. The van der Waals surface area contributed by atoms with E-state index in [4.69, 9.17) is 0 Å².